The van der Waals surface area contributed by atoms with Gasteiger partial charge in [-0.05, 0) is 13.0 Å². The minimum Gasteiger partial charge on any atom is -0.462 e. The van der Waals surface area contributed by atoms with E-state index in [1.807, 2.05) is 0 Å². The fourth-order valence-electron chi connectivity index (χ4n) is 1.47. The molecule has 0 saturated heterocycles. The molecule has 22 heavy (non-hydrogen) atoms. The van der Waals surface area contributed by atoms with Crippen molar-refractivity contribution in [3.05, 3.63) is 23.3 Å². The first kappa shape index (κ1) is 17.5. The van der Waals surface area contributed by atoms with Crippen LogP contribution in [0.4, 0.5) is 22.0 Å². The Morgan fingerprint density at radius 1 is 1.36 bits per heavy atom. The predicted molar refractivity (Wildman–Crippen MR) is 60.4 cm³/mol. The Kier molecular flexibility index (Phi) is 5.50. The van der Waals surface area contributed by atoms with E-state index < -0.39 is 41.6 Å². The number of ether oxygens (including phenoxy) is 3. The summed E-state index contributed by atoms with van der Waals surface area (Å²) in [4.78, 5) is 11.7. The van der Waals surface area contributed by atoms with Gasteiger partial charge in [0.25, 0.3) is 0 Å². The molecular formula is C12H8F5NO4. The van der Waals surface area contributed by atoms with E-state index in [1.165, 1.54) is 13.0 Å². The van der Waals surface area contributed by atoms with Crippen molar-refractivity contribution < 1.29 is 41.0 Å². The van der Waals surface area contributed by atoms with Gasteiger partial charge in [-0.3, -0.25) is 0 Å². The Morgan fingerprint density at radius 3 is 2.45 bits per heavy atom. The summed E-state index contributed by atoms with van der Waals surface area (Å²) in [7, 11) is 0. The number of alkyl halides is 5. The zero-order chi connectivity index (χ0) is 16.9. The Morgan fingerprint density at radius 2 is 2.00 bits per heavy atom. The summed E-state index contributed by atoms with van der Waals surface area (Å²) >= 11 is 0. The van der Waals surface area contributed by atoms with Crippen LogP contribution in [0.15, 0.2) is 12.1 Å². The van der Waals surface area contributed by atoms with E-state index in [-0.39, 0.29) is 6.61 Å². The highest BCUT2D eigenvalue weighted by atomic mass is 19.4. The number of nitrogens with zero attached hydrogens (tertiary/aromatic N) is 1. The number of halogens is 5. The third-order valence-corrected chi connectivity index (χ3v) is 2.13. The molecule has 0 heterocycles. The normalized spacial score (nSPS) is 11.0. The number of esters is 1. The Balaban J connectivity index is 3.44. The lowest BCUT2D eigenvalue weighted by atomic mass is 10.1. The lowest BCUT2D eigenvalue weighted by Crippen LogP contribution is -2.20. The summed E-state index contributed by atoms with van der Waals surface area (Å²) < 4.78 is 73.4. The van der Waals surface area contributed by atoms with E-state index in [1.54, 1.807) is 0 Å². The van der Waals surface area contributed by atoms with Gasteiger partial charge in [0.2, 0.25) is 0 Å². The minimum absolute atomic E-state index is 0.176. The Bertz CT molecular complexity index is 594. The van der Waals surface area contributed by atoms with Crippen molar-refractivity contribution in [2.24, 2.45) is 0 Å². The Hall–Kier alpha value is -2.57. The van der Waals surface area contributed by atoms with Gasteiger partial charge >= 0.3 is 18.9 Å². The molecule has 1 aromatic carbocycles. The molecule has 0 fully saturated rings. The number of rotatable bonds is 5. The monoisotopic (exact) mass is 325 g/mol. The average Bonchev–Trinajstić information content (AvgIpc) is 2.35. The molecule has 0 aliphatic heterocycles. The van der Waals surface area contributed by atoms with E-state index in [4.69, 9.17) is 5.26 Å². The first-order chi connectivity index (χ1) is 10.2. The van der Waals surface area contributed by atoms with Crippen LogP contribution in [0.3, 0.4) is 0 Å². The fourth-order valence-corrected chi connectivity index (χ4v) is 1.47. The van der Waals surface area contributed by atoms with Crippen LogP contribution in [-0.2, 0) is 4.74 Å². The standard InChI is InChI=1S/C12H8F5NO4/c1-2-20-10(19)9-6(5-18)3-7(21-11(13)14)4-8(9)22-12(15,16)17/h3-4,11H,2H2,1H3. The number of carbonyl (C=O) groups is 1. The summed E-state index contributed by atoms with van der Waals surface area (Å²) in [6, 6.07) is 2.51. The van der Waals surface area contributed by atoms with Crippen molar-refractivity contribution in [1.29, 1.82) is 5.26 Å². The van der Waals surface area contributed by atoms with Crippen molar-refractivity contribution in [1.82, 2.24) is 0 Å². The number of benzene rings is 1. The quantitative estimate of drug-likeness (QED) is 0.614. The maximum absolute atomic E-state index is 12.4. The second-order valence-corrected chi connectivity index (χ2v) is 3.60. The first-order valence-electron chi connectivity index (χ1n) is 5.63. The second-order valence-electron chi connectivity index (χ2n) is 3.60. The topological polar surface area (TPSA) is 68.6 Å². The van der Waals surface area contributed by atoms with E-state index >= 15 is 0 Å². The molecule has 0 amide bonds. The van der Waals surface area contributed by atoms with Crippen molar-refractivity contribution in [3.8, 4) is 17.6 Å². The van der Waals surface area contributed by atoms with Crippen LogP contribution >= 0.6 is 0 Å². The van der Waals surface area contributed by atoms with Gasteiger partial charge in [0, 0.05) is 6.07 Å². The lowest BCUT2D eigenvalue weighted by Gasteiger charge is -2.15. The van der Waals surface area contributed by atoms with Crippen LogP contribution in [0.5, 0.6) is 11.5 Å². The van der Waals surface area contributed by atoms with Crippen LogP contribution in [0, 0.1) is 11.3 Å². The Labute approximate surface area is 120 Å². The van der Waals surface area contributed by atoms with E-state index in [9.17, 15) is 26.7 Å². The highest BCUT2D eigenvalue weighted by Gasteiger charge is 2.35. The molecule has 0 radical (unpaired) electrons. The summed E-state index contributed by atoms with van der Waals surface area (Å²) in [5.41, 5.74) is -1.49. The molecule has 5 nitrogen and oxygen atoms in total. The predicted octanol–water partition coefficient (Wildman–Crippen LogP) is 3.23. The maximum Gasteiger partial charge on any atom is 0.573 e. The van der Waals surface area contributed by atoms with Gasteiger partial charge in [0.1, 0.15) is 23.1 Å². The third-order valence-electron chi connectivity index (χ3n) is 2.13. The van der Waals surface area contributed by atoms with Crippen LogP contribution < -0.4 is 9.47 Å². The van der Waals surface area contributed by atoms with E-state index in [0.29, 0.717) is 12.1 Å². The summed E-state index contributed by atoms with van der Waals surface area (Å²) in [5.74, 6) is -3.19. The molecule has 0 saturated carbocycles. The van der Waals surface area contributed by atoms with Gasteiger partial charge in [-0.15, -0.1) is 13.2 Å². The van der Waals surface area contributed by atoms with Crippen molar-refractivity contribution >= 4 is 5.97 Å². The zero-order valence-corrected chi connectivity index (χ0v) is 10.9. The van der Waals surface area contributed by atoms with Gasteiger partial charge in [0.15, 0.2) is 0 Å². The highest BCUT2D eigenvalue weighted by Crippen LogP contribution is 2.34. The molecule has 10 heteroatoms. The molecule has 0 bridgehead atoms. The van der Waals surface area contributed by atoms with Crippen molar-refractivity contribution in [3.63, 3.8) is 0 Å². The van der Waals surface area contributed by atoms with Gasteiger partial charge in [-0.2, -0.15) is 14.0 Å². The molecular weight excluding hydrogens is 317 g/mol. The minimum atomic E-state index is -5.21. The molecule has 0 unspecified atom stereocenters. The molecule has 0 atom stereocenters. The largest absolute Gasteiger partial charge is 0.573 e. The van der Waals surface area contributed by atoms with Crippen molar-refractivity contribution in [2.45, 2.75) is 19.9 Å². The van der Waals surface area contributed by atoms with Gasteiger partial charge in [0.05, 0.1) is 12.2 Å². The molecule has 0 aromatic heterocycles. The molecule has 0 aliphatic rings. The van der Waals surface area contributed by atoms with E-state index in [0.717, 1.165) is 0 Å². The zero-order valence-electron chi connectivity index (χ0n) is 10.9. The van der Waals surface area contributed by atoms with Gasteiger partial charge < -0.3 is 14.2 Å². The van der Waals surface area contributed by atoms with Gasteiger partial charge in [-0.25, -0.2) is 4.79 Å². The summed E-state index contributed by atoms with van der Waals surface area (Å²) in [5, 5.41) is 8.88. The third kappa shape index (κ3) is 4.76. The SMILES string of the molecule is CCOC(=O)c1c(C#N)cc(OC(F)F)cc1OC(F)(F)F. The molecule has 0 N–H and O–H groups in total. The van der Waals surface area contributed by atoms with Crippen LogP contribution in [-0.4, -0.2) is 25.6 Å². The number of hydrogen-bond acceptors (Lipinski definition) is 5. The smallest absolute Gasteiger partial charge is 0.462 e. The van der Waals surface area contributed by atoms with E-state index in [2.05, 4.69) is 14.2 Å². The molecule has 1 aromatic rings. The highest BCUT2D eigenvalue weighted by molar-refractivity contribution is 5.95. The summed E-state index contributed by atoms with van der Waals surface area (Å²) in [6.07, 6.45) is -5.21. The van der Waals surface area contributed by atoms with Crippen LogP contribution in [0.1, 0.15) is 22.8 Å². The number of nitriles is 1. The number of hydrogen-bond donors (Lipinski definition) is 0. The van der Waals surface area contributed by atoms with Gasteiger partial charge in [-0.1, -0.05) is 0 Å². The molecule has 0 aliphatic carbocycles. The number of carbonyl (C=O) groups excluding carboxylic acids is 1. The van der Waals surface area contributed by atoms with Crippen LogP contribution in [0.25, 0.3) is 0 Å². The fraction of sp³-hybridized carbons (Fsp3) is 0.333. The molecule has 120 valence electrons. The summed E-state index contributed by atoms with van der Waals surface area (Å²) in [6.45, 7) is -2.12. The molecule has 1 rings (SSSR count). The average molecular weight is 325 g/mol. The first-order valence-corrected chi connectivity index (χ1v) is 5.63. The van der Waals surface area contributed by atoms with Crippen LogP contribution in [0.2, 0.25) is 0 Å². The second kappa shape index (κ2) is 6.93. The molecule has 0 spiro atoms. The lowest BCUT2D eigenvalue weighted by molar-refractivity contribution is -0.274. The maximum atomic E-state index is 12.4. The van der Waals surface area contributed by atoms with Crippen molar-refractivity contribution in [2.75, 3.05) is 6.61 Å².